The summed E-state index contributed by atoms with van der Waals surface area (Å²) in [5, 5.41) is 4.03. The molecule has 0 spiro atoms. The van der Waals surface area contributed by atoms with Crippen LogP contribution in [0.2, 0.25) is 0 Å². The average molecular weight is 412 g/mol. The number of allylic oxidation sites excluding steroid dienone is 1. The Balaban J connectivity index is 1.74. The maximum absolute atomic E-state index is 5.90. The van der Waals surface area contributed by atoms with Crippen LogP contribution >= 0.6 is 11.3 Å². The highest BCUT2D eigenvalue weighted by Crippen LogP contribution is 2.17. The molecule has 156 valence electrons. The maximum atomic E-state index is 5.90. The topological polar surface area (TPSA) is 21.7 Å². The Morgan fingerprint density at radius 3 is 2.59 bits per heavy atom. The molecular weight excluding hydrogens is 378 g/mol. The van der Waals surface area contributed by atoms with Crippen LogP contribution < -0.4 is 9.47 Å². The van der Waals surface area contributed by atoms with Crippen molar-refractivity contribution in [3.8, 4) is 23.3 Å². The van der Waals surface area contributed by atoms with E-state index in [9.17, 15) is 0 Å². The van der Waals surface area contributed by atoms with Gasteiger partial charge in [-0.15, -0.1) is 11.3 Å². The molecule has 0 radical (unpaired) electrons. The second-order valence-electron chi connectivity index (χ2n) is 7.91. The van der Waals surface area contributed by atoms with E-state index in [4.69, 9.17) is 9.47 Å². The van der Waals surface area contributed by atoms with Crippen molar-refractivity contribution in [2.45, 2.75) is 40.7 Å². The first-order valence-corrected chi connectivity index (χ1v) is 11.2. The number of nitrogens with zero attached hydrogens (tertiary/aromatic N) is 1. The lowest BCUT2D eigenvalue weighted by Gasteiger charge is -2.19. The lowest BCUT2D eigenvalue weighted by molar-refractivity contribution is 0.247. The molecule has 0 saturated carbocycles. The highest BCUT2D eigenvalue weighted by atomic mass is 32.1. The maximum Gasteiger partial charge on any atom is 0.129 e. The molecule has 0 bridgehead atoms. The number of rotatable bonds is 11. The van der Waals surface area contributed by atoms with Crippen molar-refractivity contribution in [1.29, 1.82) is 0 Å². The van der Waals surface area contributed by atoms with Gasteiger partial charge >= 0.3 is 0 Å². The molecule has 4 heteroatoms. The minimum atomic E-state index is 0.0469. The fourth-order valence-electron chi connectivity index (χ4n) is 2.59. The summed E-state index contributed by atoms with van der Waals surface area (Å²) in [6.07, 6.45) is 4.96. The van der Waals surface area contributed by atoms with Crippen LogP contribution in [0.1, 0.15) is 39.7 Å². The van der Waals surface area contributed by atoms with E-state index < -0.39 is 0 Å². The molecule has 0 aliphatic rings. The van der Waals surface area contributed by atoms with Gasteiger partial charge in [0.2, 0.25) is 0 Å². The molecule has 1 aromatic carbocycles. The average Bonchev–Trinajstić information content (AvgIpc) is 3.19. The summed E-state index contributed by atoms with van der Waals surface area (Å²) < 4.78 is 11.6. The molecule has 2 rings (SSSR count). The summed E-state index contributed by atoms with van der Waals surface area (Å²) in [6, 6.07) is 10.3. The third-order valence-corrected chi connectivity index (χ3v) is 4.75. The SMILES string of the molecule is CCN(C/C=C/C#CC(C)(C)C)Cc1cccc(OCCCOc2ccsc2)c1. The molecule has 0 fully saturated rings. The Morgan fingerprint density at radius 1 is 1.10 bits per heavy atom. The van der Waals surface area contributed by atoms with E-state index in [0.717, 1.165) is 37.6 Å². The standard InChI is InChI=1S/C25H33NO2S/c1-5-26(15-8-6-7-14-25(2,3)4)20-22-11-9-12-23(19-22)27-16-10-17-28-24-13-18-29-21-24/h6,8-9,11-13,18-19,21H,5,10,15-17,20H2,1-4H3/b8-6+. The van der Waals surface area contributed by atoms with Crippen LogP contribution in [-0.4, -0.2) is 31.2 Å². The summed E-state index contributed by atoms with van der Waals surface area (Å²) in [7, 11) is 0. The predicted molar refractivity (Wildman–Crippen MR) is 124 cm³/mol. The summed E-state index contributed by atoms with van der Waals surface area (Å²) in [5.41, 5.74) is 1.30. The van der Waals surface area contributed by atoms with Gasteiger partial charge in [0, 0.05) is 30.3 Å². The number of thiophene rings is 1. The molecule has 2 aromatic rings. The van der Waals surface area contributed by atoms with Crippen LogP contribution in [0.4, 0.5) is 0 Å². The summed E-state index contributed by atoms with van der Waals surface area (Å²) in [5.74, 6) is 8.22. The van der Waals surface area contributed by atoms with Gasteiger partial charge in [-0.1, -0.05) is 37.0 Å². The molecule has 0 aliphatic heterocycles. The Labute approximate surface area is 180 Å². The zero-order chi connectivity index (χ0) is 21.0. The van der Waals surface area contributed by atoms with Gasteiger partial charge < -0.3 is 9.47 Å². The van der Waals surface area contributed by atoms with Gasteiger partial charge in [-0.25, -0.2) is 0 Å². The first-order valence-electron chi connectivity index (χ1n) is 10.2. The Kier molecular flexibility index (Phi) is 9.83. The summed E-state index contributed by atoms with van der Waals surface area (Å²) >= 11 is 1.65. The first kappa shape index (κ1) is 23.1. The molecule has 3 nitrogen and oxygen atoms in total. The van der Waals surface area contributed by atoms with Crippen molar-refractivity contribution in [3.63, 3.8) is 0 Å². The fourth-order valence-corrected chi connectivity index (χ4v) is 3.16. The number of hydrogen-bond acceptors (Lipinski definition) is 4. The zero-order valence-corrected chi connectivity index (χ0v) is 18.9. The summed E-state index contributed by atoms with van der Waals surface area (Å²) in [6.45, 7) is 12.6. The van der Waals surface area contributed by atoms with Gasteiger partial charge in [0.15, 0.2) is 0 Å². The molecule has 29 heavy (non-hydrogen) atoms. The Hall–Kier alpha value is -2.22. The second-order valence-corrected chi connectivity index (χ2v) is 8.69. The van der Waals surface area contributed by atoms with Gasteiger partial charge in [-0.05, 0) is 62.5 Å². The molecule has 0 atom stereocenters. The smallest absolute Gasteiger partial charge is 0.129 e. The number of hydrogen-bond donors (Lipinski definition) is 0. The van der Waals surface area contributed by atoms with Crippen molar-refractivity contribution < 1.29 is 9.47 Å². The van der Waals surface area contributed by atoms with E-state index in [1.807, 2.05) is 29.0 Å². The van der Waals surface area contributed by atoms with Crippen LogP contribution in [0, 0.1) is 17.3 Å². The van der Waals surface area contributed by atoms with Gasteiger partial charge in [0.1, 0.15) is 11.5 Å². The van der Waals surface area contributed by atoms with Crippen LogP contribution in [0.3, 0.4) is 0 Å². The van der Waals surface area contributed by atoms with Crippen molar-refractivity contribution >= 4 is 11.3 Å². The van der Waals surface area contributed by atoms with Gasteiger partial charge in [0.05, 0.1) is 13.2 Å². The van der Waals surface area contributed by atoms with Crippen molar-refractivity contribution in [2.75, 3.05) is 26.3 Å². The molecule has 1 heterocycles. The molecule has 1 aromatic heterocycles. The van der Waals surface area contributed by atoms with E-state index in [1.165, 1.54) is 5.56 Å². The van der Waals surface area contributed by atoms with E-state index in [1.54, 1.807) is 11.3 Å². The van der Waals surface area contributed by atoms with Gasteiger partial charge in [-0.2, -0.15) is 0 Å². The van der Waals surface area contributed by atoms with E-state index in [2.05, 4.69) is 68.7 Å². The quantitative estimate of drug-likeness (QED) is 0.333. The van der Waals surface area contributed by atoms with E-state index in [0.29, 0.717) is 13.2 Å². The van der Waals surface area contributed by atoms with Crippen LogP contribution in [0.15, 0.2) is 53.2 Å². The minimum absolute atomic E-state index is 0.0469. The van der Waals surface area contributed by atoms with Crippen LogP contribution in [-0.2, 0) is 6.54 Å². The number of likely N-dealkylation sites (N-methyl/N-ethyl adjacent to an activating group) is 1. The molecule has 0 unspecified atom stereocenters. The lowest BCUT2D eigenvalue weighted by atomic mass is 9.98. The van der Waals surface area contributed by atoms with Crippen molar-refractivity contribution in [2.24, 2.45) is 5.41 Å². The zero-order valence-electron chi connectivity index (χ0n) is 18.1. The van der Waals surface area contributed by atoms with Crippen molar-refractivity contribution in [3.05, 3.63) is 58.8 Å². The second kappa shape index (κ2) is 12.4. The molecule has 0 N–H and O–H groups in total. The van der Waals surface area contributed by atoms with E-state index in [-0.39, 0.29) is 5.41 Å². The first-order chi connectivity index (χ1) is 14.0. The van der Waals surface area contributed by atoms with Crippen LogP contribution in [0.5, 0.6) is 11.5 Å². The summed E-state index contributed by atoms with van der Waals surface area (Å²) in [4.78, 5) is 2.38. The fraction of sp³-hybridized carbons (Fsp3) is 0.440. The lowest BCUT2D eigenvalue weighted by Crippen LogP contribution is -2.22. The minimum Gasteiger partial charge on any atom is -0.493 e. The largest absolute Gasteiger partial charge is 0.493 e. The third kappa shape index (κ3) is 10.2. The molecule has 0 saturated heterocycles. The van der Waals surface area contributed by atoms with Crippen LogP contribution in [0.25, 0.3) is 0 Å². The van der Waals surface area contributed by atoms with Gasteiger partial charge in [-0.3, -0.25) is 4.90 Å². The Bertz CT molecular complexity index is 794. The highest BCUT2D eigenvalue weighted by molar-refractivity contribution is 7.08. The normalized spacial score (nSPS) is 11.5. The predicted octanol–water partition coefficient (Wildman–Crippen LogP) is 6.02. The number of benzene rings is 1. The Morgan fingerprint density at radius 2 is 1.90 bits per heavy atom. The van der Waals surface area contributed by atoms with Gasteiger partial charge in [0.25, 0.3) is 0 Å². The van der Waals surface area contributed by atoms with E-state index >= 15 is 0 Å². The monoisotopic (exact) mass is 411 g/mol. The molecular formula is C25H33NO2S. The molecule has 0 aliphatic carbocycles. The molecule has 0 amide bonds. The highest BCUT2D eigenvalue weighted by Gasteiger charge is 2.04. The van der Waals surface area contributed by atoms with Crippen molar-refractivity contribution in [1.82, 2.24) is 4.90 Å². The number of ether oxygens (including phenoxy) is 2. The third-order valence-electron chi connectivity index (χ3n) is 4.09.